The first-order chi connectivity index (χ1) is 8.65. The lowest BCUT2D eigenvalue weighted by molar-refractivity contribution is 0.253. The third kappa shape index (κ3) is 6.14. The van der Waals surface area contributed by atoms with E-state index >= 15 is 0 Å². The Bertz CT molecular complexity index is 180. The third-order valence-corrected chi connectivity index (χ3v) is 4.18. The van der Waals surface area contributed by atoms with Gasteiger partial charge in [0.25, 0.3) is 0 Å². The average molecular weight is 256 g/mol. The van der Waals surface area contributed by atoms with Gasteiger partial charge in [-0.15, -0.1) is 0 Å². The molecule has 4 heteroatoms. The lowest BCUT2D eigenvalue weighted by atomic mass is 9.82. The number of nitrogens with one attached hydrogen (secondary N) is 2. The Morgan fingerprint density at radius 1 is 0.833 bits per heavy atom. The molecule has 2 unspecified atom stereocenters. The van der Waals surface area contributed by atoms with Crippen LogP contribution in [0.3, 0.4) is 0 Å². The normalized spacial score (nSPS) is 28.0. The number of nitrogens with two attached hydrogens (primary N) is 2. The SMILES string of the molecule is CC(CN)NCC1CCC(CNC(C)CN)CC1. The van der Waals surface area contributed by atoms with Gasteiger partial charge in [0.15, 0.2) is 0 Å². The molecular weight excluding hydrogens is 224 g/mol. The van der Waals surface area contributed by atoms with E-state index in [1.165, 1.54) is 25.7 Å². The van der Waals surface area contributed by atoms with Crippen molar-refractivity contribution in [3.05, 3.63) is 0 Å². The Morgan fingerprint density at radius 3 is 1.44 bits per heavy atom. The van der Waals surface area contributed by atoms with Crippen LogP contribution in [0.2, 0.25) is 0 Å². The monoisotopic (exact) mass is 256 g/mol. The summed E-state index contributed by atoms with van der Waals surface area (Å²) in [5.41, 5.74) is 11.2. The van der Waals surface area contributed by atoms with Crippen molar-refractivity contribution in [1.82, 2.24) is 10.6 Å². The molecule has 2 atom stereocenters. The van der Waals surface area contributed by atoms with Gasteiger partial charge in [-0.25, -0.2) is 0 Å². The topological polar surface area (TPSA) is 76.1 Å². The van der Waals surface area contributed by atoms with E-state index in [1.807, 2.05) is 0 Å². The van der Waals surface area contributed by atoms with E-state index < -0.39 is 0 Å². The maximum absolute atomic E-state index is 5.61. The summed E-state index contributed by atoms with van der Waals surface area (Å²) in [5, 5.41) is 7.04. The second-order valence-corrected chi connectivity index (χ2v) is 5.98. The van der Waals surface area contributed by atoms with Gasteiger partial charge in [-0.2, -0.15) is 0 Å². The highest BCUT2D eigenvalue weighted by Crippen LogP contribution is 2.28. The van der Waals surface area contributed by atoms with Crippen molar-refractivity contribution in [2.45, 2.75) is 51.6 Å². The summed E-state index contributed by atoms with van der Waals surface area (Å²) >= 11 is 0. The van der Waals surface area contributed by atoms with Crippen molar-refractivity contribution in [1.29, 1.82) is 0 Å². The van der Waals surface area contributed by atoms with Crippen molar-refractivity contribution in [3.8, 4) is 0 Å². The van der Waals surface area contributed by atoms with E-state index in [-0.39, 0.29) is 0 Å². The van der Waals surface area contributed by atoms with Crippen LogP contribution in [0.15, 0.2) is 0 Å². The molecule has 108 valence electrons. The Labute approximate surface area is 112 Å². The molecule has 1 fully saturated rings. The van der Waals surface area contributed by atoms with E-state index in [9.17, 15) is 0 Å². The molecular formula is C14H32N4. The first-order valence-corrected chi connectivity index (χ1v) is 7.52. The van der Waals surface area contributed by atoms with Crippen molar-refractivity contribution in [3.63, 3.8) is 0 Å². The molecule has 1 saturated carbocycles. The zero-order valence-electron chi connectivity index (χ0n) is 12.1. The van der Waals surface area contributed by atoms with Crippen molar-refractivity contribution >= 4 is 0 Å². The Kier molecular flexibility index (Phi) is 7.82. The molecule has 0 aromatic rings. The molecule has 1 rings (SSSR count). The minimum Gasteiger partial charge on any atom is -0.329 e. The molecule has 6 N–H and O–H groups in total. The fourth-order valence-electron chi connectivity index (χ4n) is 2.54. The number of hydrogen-bond donors (Lipinski definition) is 4. The summed E-state index contributed by atoms with van der Waals surface area (Å²) in [6.07, 6.45) is 5.42. The van der Waals surface area contributed by atoms with Crippen molar-refractivity contribution in [2.75, 3.05) is 26.2 Å². The van der Waals surface area contributed by atoms with Crippen LogP contribution in [-0.4, -0.2) is 38.3 Å². The molecule has 0 saturated heterocycles. The van der Waals surface area contributed by atoms with Crippen LogP contribution in [0.25, 0.3) is 0 Å². The summed E-state index contributed by atoms with van der Waals surface area (Å²) in [7, 11) is 0. The maximum Gasteiger partial charge on any atom is 0.0162 e. The molecule has 0 amide bonds. The van der Waals surface area contributed by atoms with Gasteiger partial charge in [-0.1, -0.05) is 0 Å². The molecule has 18 heavy (non-hydrogen) atoms. The Morgan fingerprint density at radius 2 is 1.17 bits per heavy atom. The van der Waals surface area contributed by atoms with Crippen LogP contribution in [0.4, 0.5) is 0 Å². The molecule has 0 spiro atoms. The van der Waals surface area contributed by atoms with Gasteiger partial charge >= 0.3 is 0 Å². The van der Waals surface area contributed by atoms with Gasteiger partial charge in [0, 0.05) is 25.2 Å². The molecule has 1 aliphatic rings. The number of rotatable bonds is 8. The highest BCUT2D eigenvalue weighted by molar-refractivity contribution is 4.77. The zero-order valence-corrected chi connectivity index (χ0v) is 12.1. The van der Waals surface area contributed by atoms with Crippen LogP contribution in [0.1, 0.15) is 39.5 Å². The quantitative estimate of drug-likeness (QED) is 0.515. The molecule has 0 aromatic carbocycles. The minimum atomic E-state index is 0.454. The fourth-order valence-corrected chi connectivity index (χ4v) is 2.54. The summed E-state index contributed by atoms with van der Waals surface area (Å²) < 4.78 is 0. The zero-order chi connectivity index (χ0) is 13.4. The van der Waals surface area contributed by atoms with Crippen LogP contribution in [0, 0.1) is 11.8 Å². The van der Waals surface area contributed by atoms with Gasteiger partial charge in [0.05, 0.1) is 0 Å². The summed E-state index contributed by atoms with van der Waals surface area (Å²) in [6.45, 7) is 8.05. The molecule has 0 aliphatic heterocycles. The van der Waals surface area contributed by atoms with Crippen LogP contribution in [-0.2, 0) is 0 Å². The van der Waals surface area contributed by atoms with Gasteiger partial charge in [-0.05, 0) is 64.5 Å². The van der Waals surface area contributed by atoms with Crippen molar-refractivity contribution < 1.29 is 0 Å². The highest BCUT2D eigenvalue weighted by Gasteiger charge is 2.21. The van der Waals surface area contributed by atoms with E-state index in [0.717, 1.165) is 38.0 Å². The first kappa shape index (κ1) is 15.9. The molecule has 0 radical (unpaired) electrons. The van der Waals surface area contributed by atoms with Gasteiger partial charge < -0.3 is 22.1 Å². The van der Waals surface area contributed by atoms with E-state index in [0.29, 0.717) is 12.1 Å². The Hall–Kier alpha value is -0.160. The molecule has 4 nitrogen and oxygen atoms in total. The second kappa shape index (κ2) is 8.86. The number of hydrogen-bond acceptors (Lipinski definition) is 4. The average Bonchev–Trinajstić information content (AvgIpc) is 2.43. The smallest absolute Gasteiger partial charge is 0.0162 e. The fraction of sp³-hybridized carbons (Fsp3) is 1.00. The molecule has 1 aliphatic carbocycles. The van der Waals surface area contributed by atoms with E-state index in [1.54, 1.807) is 0 Å². The molecule has 0 bridgehead atoms. The molecule has 0 heterocycles. The van der Waals surface area contributed by atoms with E-state index in [2.05, 4.69) is 24.5 Å². The standard InChI is InChI=1S/C14H32N4/c1-11(7-15)17-9-13-3-5-14(6-4-13)10-18-12(2)8-16/h11-14,17-18H,3-10,15-16H2,1-2H3. The lowest BCUT2D eigenvalue weighted by Gasteiger charge is -2.30. The van der Waals surface area contributed by atoms with Gasteiger partial charge in [-0.3, -0.25) is 0 Å². The van der Waals surface area contributed by atoms with Crippen LogP contribution < -0.4 is 22.1 Å². The van der Waals surface area contributed by atoms with Gasteiger partial charge in [0.2, 0.25) is 0 Å². The summed E-state index contributed by atoms with van der Waals surface area (Å²) in [6, 6.07) is 0.907. The predicted molar refractivity (Wildman–Crippen MR) is 78.5 cm³/mol. The van der Waals surface area contributed by atoms with Crippen LogP contribution in [0.5, 0.6) is 0 Å². The minimum absolute atomic E-state index is 0.454. The van der Waals surface area contributed by atoms with Crippen molar-refractivity contribution in [2.24, 2.45) is 23.3 Å². The molecule has 0 aromatic heterocycles. The van der Waals surface area contributed by atoms with Gasteiger partial charge in [0.1, 0.15) is 0 Å². The predicted octanol–water partition coefficient (Wildman–Crippen LogP) is 0.666. The summed E-state index contributed by atoms with van der Waals surface area (Å²) in [5.74, 6) is 1.70. The van der Waals surface area contributed by atoms with E-state index in [4.69, 9.17) is 11.5 Å². The summed E-state index contributed by atoms with van der Waals surface area (Å²) in [4.78, 5) is 0. The van der Waals surface area contributed by atoms with Crippen LogP contribution >= 0.6 is 0 Å². The lowest BCUT2D eigenvalue weighted by Crippen LogP contribution is -2.39. The Balaban J connectivity index is 2.09. The second-order valence-electron chi connectivity index (χ2n) is 5.98. The first-order valence-electron chi connectivity index (χ1n) is 7.52. The highest BCUT2D eigenvalue weighted by atomic mass is 14.9. The maximum atomic E-state index is 5.61. The largest absolute Gasteiger partial charge is 0.329 e. The third-order valence-electron chi connectivity index (χ3n) is 4.18.